The van der Waals surface area contributed by atoms with E-state index in [9.17, 15) is 9.59 Å². The number of ether oxygens (including phenoxy) is 1. The Morgan fingerprint density at radius 2 is 2.21 bits per heavy atom. The van der Waals surface area contributed by atoms with Crippen LogP contribution in [0.1, 0.15) is 27.2 Å². The molecule has 1 rings (SSSR count). The molecule has 0 aromatic carbocycles. The third kappa shape index (κ3) is 1.95. The molecular formula is C10H14O4. The molecule has 0 aromatic heterocycles. The lowest BCUT2D eigenvalue weighted by atomic mass is 9.88. The number of cyclic esters (lactones) is 1. The van der Waals surface area contributed by atoms with Gasteiger partial charge in [-0.2, -0.15) is 0 Å². The molecular weight excluding hydrogens is 184 g/mol. The molecule has 14 heavy (non-hydrogen) atoms. The first-order valence-corrected chi connectivity index (χ1v) is 4.47. The predicted octanol–water partition coefficient (Wildman–Crippen LogP) is 1.36. The fourth-order valence-electron chi connectivity index (χ4n) is 1.45. The summed E-state index contributed by atoms with van der Waals surface area (Å²) in [5.74, 6) is -2.05. The standard InChI is InChI=1S/C10H14O4/c1-6-4-5-7(8(11)12)10(2,3)14-9(6)13/h4,7H,5H2,1-3H3,(H,11,12). The number of rotatable bonds is 1. The topological polar surface area (TPSA) is 63.6 Å². The maximum Gasteiger partial charge on any atom is 0.333 e. The molecule has 0 saturated heterocycles. The molecule has 1 heterocycles. The number of carbonyl (C=O) groups excluding carboxylic acids is 1. The molecule has 1 N–H and O–H groups in total. The third-order valence-corrected chi connectivity index (χ3v) is 2.47. The summed E-state index contributed by atoms with van der Waals surface area (Å²) in [5, 5.41) is 8.95. The molecule has 1 aliphatic rings. The first-order valence-electron chi connectivity index (χ1n) is 4.47. The Morgan fingerprint density at radius 1 is 1.64 bits per heavy atom. The van der Waals surface area contributed by atoms with Crippen LogP contribution >= 0.6 is 0 Å². The molecule has 0 aliphatic carbocycles. The van der Waals surface area contributed by atoms with E-state index >= 15 is 0 Å². The van der Waals surface area contributed by atoms with Crippen molar-refractivity contribution in [1.82, 2.24) is 0 Å². The summed E-state index contributed by atoms with van der Waals surface area (Å²) in [6.07, 6.45) is 1.95. The van der Waals surface area contributed by atoms with Crippen LogP contribution in [0.15, 0.2) is 11.6 Å². The highest BCUT2D eigenvalue weighted by Gasteiger charge is 2.39. The van der Waals surface area contributed by atoms with Gasteiger partial charge in [-0.1, -0.05) is 6.08 Å². The van der Waals surface area contributed by atoms with Gasteiger partial charge in [0.1, 0.15) is 5.60 Å². The van der Waals surface area contributed by atoms with Crippen molar-refractivity contribution in [1.29, 1.82) is 0 Å². The van der Waals surface area contributed by atoms with Crippen LogP contribution in [0.25, 0.3) is 0 Å². The van der Waals surface area contributed by atoms with Crippen LogP contribution in [0, 0.1) is 5.92 Å². The number of allylic oxidation sites excluding steroid dienone is 1. The first kappa shape index (κ1) is 10.8. The van der Waals surface area contributed by atoms with E-state index < -0.39 is 23.5 Å². The maximum atomic E-state index is 11.3. The molecule has 1 unspecified atom stereocenters. The molecule has 4 nitrogen and oxygen atoms in total. The number of carboxylic acid groups (broad SMARTS) is 1. The molecule has 0 fully saturated rings. The minimum atomic E-state index is -0.947. The summed E-state index contributed by atoms with van der Waals surface area (Å²) in [6, 6.07) is 0. The second-order valence-corrected chi connectivity index (χ2v) is 4.01. The van der Waals surface area contributed by atoms with Gasteiger partial charge in [-0.05, 0) is 27.2 Å². The highest BCUT2D eigenvalue weighted by atomic mass is 16.6. The van der Waals surface area contributed by atoms with Crippen molar-refractivity contribution in [3.8, 4) is 0 Å². The third-order valence-electron chi connectivity index (χ3n) is 2.47. The highest BCUT2D eigenvalue weighted by molar-refractivity contribution is 5.89. The van der Waals surface area contributed by atoms with E-state index in [1.807, 2.05) is 0 Å². The number of esters is 1. The van der Waals surface area contributed by atoms with Crippen LogP contribution < -0.4 is 0 Å². The van der Waals surface area contributed by atoms with Gasteiger partial charge in [0.2, 0.25) is 0 Å². The SMILES string of the molecule is CC1=CCC(C(=O)O)C(C)(C)OC1=O. The normalized spacial score (nSPS) is 26.1. The molecule has 78 valence electrons. The van der Waals surface area contributed by atoms with Crippen LogP contribution in [0.4, 0.5) is 0 Å². The molecule has 0 bridgehead atoms. The first-order chi connectivity index (χ1) is 6.34. The minimum absolute atomic E-state index is 0.333. The Morgan fingerprint density at radius 3 is 2.71 bits per heavy atom. The van der Waals surface area contributed by atoms with Crippen molar-refractivity contribution < 1.29 is 19.4 Å². The van der Waals surface area contributed by atoms with Crippen LogP contribution in [0.3, 0.4) is 0 Å². The lowest BCUT2D eigenvalue weighted by Crippen LogP contribution is -2.39. The van der Waals surface area contributed by atoms with Gasteiger partial charge < -0.3 is 9.84 Å². The smallest absolute Gasteiger partial charge is 0.333 e. The molecule has 0 amide bonds. The molecule has 1 aliphatic heterocycles. The lowest BCUT2D eigenvalue weighted by molar-refractivity contribution is -0.164. The highest BCUT2D eigenvalue weighted by Crippen LogP contribution is 2.29. The van der Waals surface area contributed by atoms with E-state index in [4.69, 9.17) is 9.84 Å². The Hall–Kier alpha value is -1.32. The van der Waals surface area contributed by atoms with Crippen molar-refractivity contribution in [2.24, 2.45) is 5.92 Å². The van der Waals surface area contributed by atoms with Gasteiger partial charge >= 0.3 is 11.9 Å². The van der Waals surface area contributed by atoms with Crippen molar-refractivity contribution in [3.05, 3.63) is 11.6 Å². The van der Waals surface area contributed by atoms with E-state index in [0.717, 1.165) is 0 Å². The van der Waals surface area contributed by atoms with Gasteiger partial charge in [0.25, 0.3) is 0 Å². The summed E-state index contributed by atoms with van der Waals surface area (Å²) in [5.41, 5.74) is -0.473. The number of hydrogen-bond acceptors (Lipinski definition) is 3. The number of aliphatic carboxylic acids is 1. The zero-order valence-corrected chi connectivity index (χ0v) is 8.53. The second kappa shape index (κ2) is 3.44. The van der Waals surface area contributed by atoms with Crippen molar-refractivity contribution in [2.45, 2.75) is 32.8 Å². The molecule has 0 radical (unpaired) electrons. The van der Waals surface area contributed by atoms with Gasteiger partial charge in [0.05, 0.1) is 5.92 Å². The molecule has 4 heteroatoms. The predicted molar refractivity (Wildman–Crippen MR) is 49.7 cm³/mol. The Kier molecular flexibility index (Phi) is 2.64. The molecule has 0 spiro atoms. The van der Waals surface area contributed by atoms with E-state index in [1.165, 1.54) is 0 Å². The number of hydrogen-bond donors (Lipinski definition) is 1. The van der Waals surface area contributed by atoms with Gasteiger partial charge in [-0.3, -0.25) is 4.79 Å². The maximum absolute atomic E-state index is 11.3. The van der Waals surface area contributed by atoms with E-state index in [0.29, 0.717) is 12.0 Å². The fraction of sp³-hybridized carbons (Fsp3) is 0.600. The van der Waals surface area contributed by atoms with Crippen LogP contribution in [-0.4, -0.2) is 22.6 Å². The van der Waals surface area contributed by atoms with Crippen LogP contribution in [0.2, 0.25) is 0 Å². The quantitative estimate of drug-likeness (QED) is 0.646. The summed E-state index contributed by atoms with van der Waals surface area (Å²) in [4.78, 5) is 22.2. The Labute approximate surface area is 82.6 Å². The zero-order chi connectivity index (χ0) is 10.9. The van der Waals surface area contributed by atoms with Gasteiger partial charge in [-0.15, -0.1) is 0 Å². The molecule has 0 saturated carbocycles. The molecule has 0 aromatic rings. The van der Waals surface area contributed by atoms with Crippen LogP contribution in [-0.2, 0) is 14.3 Å². The number of carboxylic acids is 1. The summed E-state index contributed by atoms with van der Waals surface area (Å²) < 4.78 is 5.10. The average Bonchev–Trinajstić information content (AvgIpc) is 2.09. The summed E-state index contributed by atoms with van der Waals surface area (Å²) in [7, 11) is 0. The van der Waals surface area contributed by atoms with E-state index in [-0.39, 0.29) is 0 Å². The van der Waals surface area contributed by atoms with Gasteiger partial charge in [0.15, 0.2) is 0 Å². The van der Waals surface area contributed by atoms with Gasteiger partial charge in [0, 0.05) is 5.57 Å². The molecule has 1 atom stereocenters. The monoisotopic (exact) mass is 198 g/mol. The average molecular weight is 198 g/mol. The van der Waals surface area contributed by atoms with Gasteiger partial charge in [-0.25, -0.2) is 4.79 Å². The minimum Gasteiger partial charge on any atom is -0.481 e. The van der Waals surface area contributed by atoms with Crippen molar-refractivity contribution >= 4 is 11.9 Å². The van der Waals surface area contributed by atoms with E-state index in [1.54, 1.807) is 26.8 Å². The van der Waals surface area contributed by atoms with Crippen molar-refractivity contribution in [2.75, 3.05) is 0 Å². The lowest BCUT2D eigenvalue weighted by Gasteiger charge is -2.28. The number of carbonyl (C=O) groups is 2. The van der Waals surface area contributed by atoms with Crippen molar-refractivity contribution in [3.63, 3.8) is 0 Å². The van der Waals surface area contributed by atoms with Crippen LogP contribution in [0.5, 0.6) is 0 Å². The van der Waals surface area contributed by atoms with E-state index in [2.05, 4.69) is 0 Å². The zero-order valence-electron chi connectivity index (χ0n) is 8.53. The fourth-order valence-corrected chi connectivity index (χ4v) is 1.45. The summed E-state index contributed by atoms with van der Waals surface area (Å²) >= 11 is 0. The summed E-state index contributed by atoms with van der Waals surface area (Å²) in [6.45, 7) is 4.87. The largest absolute Gasteiger partial charge is 0.481 e. The second-order valence-electron chi connectivity index (χ2n) is 4.01. The Balaban J connectivity index is 2.99. The Bertz CT molecular complexity index is 301.